The van der Waals surface area contributed by atoms with E-state index in [0.717, 1.165) is 0 Å². The van der Waals surface area contributed by atoms with Gasteiger partial charge in [-0.15, -0.1) is 0 Å². The molecule has 0 saturated carbocycles. The number of carbonyl (C=O) groups excluding carboxylic acids is 1. The Morgan fingerprint density at radius 3 is 2.09 bits per heavy atom. The minimum absolute atomic E-state index is 0. The fourth-order valence-electron chi connectivity index (χ4n) is 0.586. The molecule has 1 rings (SSSR count). The van der Waals surface area contributed by atoms with Crippen LogP contribution in [0.5, 0.6) is 0 Å². The first-order chi connectivity index (χ1) is 4.70. The number of carboxylic acids is 1. The molecule has 1 aromatic rings. The summed E-state index contributed by atoms with van der Waals surface area (Å²) in [5.74, 6) is -1.18. The van der Waals surface area contributed by atoms with E-state index in [-0.39, 0.29) is 35.1 Å². The molecule has 0 saturated heterocycles. The number of aromatic carboxylic acids is 1. The summed E-state index contributed by atoms with van der Waals surface area (Å²) in [6, 6.07) is 5.81. The normalized spacial score (nSPS) is 8.45. The SMILES string of the molecule is O=C([O-])c1ccc(Cl)cc1.[Na]. The predicted molar refractivity (Wildman–Crippen MR) is 41.5 cm³/mol. The van der Waals surface area contributed by atoms with Crippen LogP contribution in [0.1, 0.15) is 10.4 Å². The van der Waals surface area contributed by atoms with Crippen LogP contribution >= 0.6 is 11.6 Å². The largest absolute Gasteiger partial charge is 0.545 e. The van der Waals surface area contributed by atoms with E-state index in [4.69, 9.17) is 11.6 Å². The summed E-state index contributed by atoms with van der Waals surface area (Å²) in [6.07, 6.45) is 0. The van der Waals surface area contributed by atoms with Gasteiger partial charge >= 0.3 is 0 Å². The molecule has 0 aromatic heterocycles. The first-order valence-corrected chi connectivity index (χ1v) is 3.05. The van der Waals surface area contributed by atoms with Crippen LogP contribution in [0.2, 0.25) is 5.02 Å². The molecule has 1 radical (unpaired) electrons. The van der Waals surface area contributed by atoms with Crippen LogP contribution in [-0.4, -0.2) is 35.5 Å². The quantitative estimate of drug-likeness (QED) is 0.582. The Balaban J connectivity index is 0.000001000. The molecular formula is C7H4ClNaO2-. The van der Waals surface area contributed by atoms with Crippen molar-refractivity contribution in [1.82, 2.24) is 0 Å². The molecule has 53 valence electrons. The third-order valence-electron chi connectivity index (χ3n) is 1.08. The second kappa shape index (κ2) is 4.78. The van der Waals surface area contributed by atoms with E-state index in [1.54, 1.807) is 0 Å². The third-order valence-corrected chi connectivity index (χ3v) is 1.33. The molecule has 0 heterocycles. The Morgan fingerprint density at radius 1 is 1.27 bits per heavy atom. The number of carbonyl (C=O) groups is 1. The maximum absolute atomic E-state index is 10.2. The fraction of sp³-hybridized carbons (Fsp3) is 0. The topological polar surface area (TPSA) is 40.1 Å². The first-order valence-electron chi connectivity index (χ1n) is 2.67. The molecule has 0 unspecified atom stereocenters. The van der Waals surface area contributed by atoms with Gasteiger partial charge in [-0.05, 0) is 17.7 Å². The molecule has 4 heteroatoms. The molecule has 0 spiro atoms. The van der Waals surface area contributed by atoms with E-state index in [2.05, 4.69) is 0 Å². The summed E-state index contributed by atoms with van der Waals surface area (Å²) >= 11 is 5.50. The molecule has 1 aromatic carbocycles. The van der Waals surface area contributed by atoms with Crippen molar-refractivity contribution in [3.63, 3.8) is 0 Å². The van der Waals surface area contributed by atoms with Gasteiger partial charge < -0.3 is 9.90 Å². The number of halogens is 1. The standard InChI is InChI=1S/C7H5ClO2.Na/c8-6-3-1-5(2-4-6)7(9)10;/h1-4H,(H,9,10);/p-1. The van der Waals surface area contributed by atoms with Crippen LogP contribution in [0.4, 0.5) is 0 Å². The van der Waals surface area contributed by atoms with Crippen LogP contribution in [0.15, 0.2) is 24.3 Å². The zero-order valence-electron chi connectivity index (χ0n) is 6.00. The zero-order chi connectivity index (χ0) is 7.56. The van der Waals surface area contributed by atoms with Crippen molar-refractivity contribution >= 4 is 47.1 Å². The summed E-state index contributed by atoms with van der Waals surface area (Å²) in [6.45, 7) is 0. The summed E-state index contributed by atoms with van der Waals surface area (Å²) in [4.78, 5) is 10.2. The molecule has 0 aliphatic carbocycles. The van der Waals surface area contributed by atoms with Crippen molar-refractivity contribution < 1.29 is 9.90 Å². The average Bonchev–Trinajstić information content (AvgIpc) is 1.88. The van der Waals surface area contributed by atoms with Crippen LogP contribution < -0.4 is 5.11 Å². The van der Waals surface area contributed by atoms with E-state index in [1.165, 1.54) is 24.3 Å². The molecule has 0 amide bonds. The maximum atomic E-state index is 10.2. The minimum Gasteiger partial charge on any atom is -0.545 e. The van der Waals surface area contributed by atoms with Crippen LogP contribution in [0.25, 0.3) is 0 Å². The molecule has 0 aliphatic rings. The molecule has 0 N–H and O–H groups in total. The molecule has 11 heavy (non-hydrogen) atoms. The van der Waals surface area contributed by atoms with Crippen LogP contribution in [-0.2, 0) is 0 Å². The first kappa shape index (κ1) is 11.0. The Labute approximate surface area is 91.5 Å². The maximum Gasteiger partial charge on any atom is 0.0715 e. The van der Waals surface area contributed by atoms with Crippen molar-refractivity contribution in [3.8, 4) is 0 Å². The Hall–Kier alpha value is -0.0200. The Morgan fingerprint density at radius 2 is 1.73 bits per heavy atom. The van der Waals surface area contributed by atoms with Crippen molar-refractivity contribution in [2.24, 2.45) is 0 Å². The van der Waals surface area contributed by atoms with E-state index < -0.39 is 5.97 Å². The van der Waals surface area contributed by atoms with Gasteiger partial charge in [-0.2, -0.15) is 0 Å². The summed E-state index contributed by atoms with van der Waals surface area (Å²) in [5.41, 5.74) is 0.143. The van der Waals surface area contributed by atoms with Crippen molar-refractivity contribution in [3.05, 3.63) is 34.9 Å². The van der Waals surface area contributed by atoms with Crippen molar-refractivity contribution in [2.45, 2.75) is 0 Å². The van der Waals surface area contributed by atoms with Crippen molar-refractivity contribution in [2.75, 3.05) is 0 Å². The van der Waals surface area contributed by atoms with Gasteiger partial charge in [0, 0.05) is 34.6 Å². The minimum atomic E-state index is -1.18. The van der Waals surface area contributed by atoms with Crippen LogP contribution in [0, 0.1) is 0 Å². The number of hydrogen-bond acceptors (Lipinski definition) is 2. The Bertz CT molecular complexity index is 245. The van der Waals surface area contributed by atoms with Crippen LogP contribution in [0.3, 0.4) is 0 Å². The number of rotatable bonds is 1. The van der Waals surface area contributed by atoms with Gasteiger partial charge in [-0.1, -0.05) is 23.7 Å². The average molecular weight is 179 g/mol. The van der Waals surface area contributed by atoms with Gasteiger partial charge in [0.1, 0.15) is 0 Å². The van der Waals surface area contributed by atoms with Gasteiger partial charge in [0.2, 0.25) is 0 Å². The number of carboxylic acid groups (broad SMARTS) is 1. The van der Waals surface area contributed by atoms with E-state index >= 15 is 0 Å². The smallest absolute Gasteiger partial charge is 0.0715 e. The van der Waals surface area contributed by atoms with Crippen molar-refractivity contribution in [1.29, 1.82) is 0 Å². The molecule has 0 fully saturated rings. The monoisotopic (exact) mass is 178 g/mol. The molecule has 0 bridgehead atoms. The fourth-order valence-corrected chi connectivity index (χ4v) is 0.712. The number of hydrogen-bond donors (Lipinski definition) is 0. The van der Waals surface area contributed by atoms with E-state index in [0.29, 0.717) is 5.02 Å². The summed E-state index contributed by atoms with van der Waals surface area (Å²) in [5, 5.41) is 10.7. The third kappa shape index (κ3) is 3.25. The molecule has 0 atom stereocenters. The summed E-state index contributed by atoms with van der Waals surface area (Å²) in [7, 11) is 0. The molecule has 2 nitrogen and oxygen atoms in total. The summed E-state index contributed by atoms with van der Waals surface area (Å²) < 4.78 is 0. The second-order valence-corrected chi connectivity index (χ2v) is 2.23. The Kier molecular flexibility index (Phi) is 4.77. The van der Waals surface area contributed by atoms with E-state index in [9.17, 15) is 9.90 Å². The second-order valence-electron chi connectivity index (χ2n) is 1.79. The molecular weight excluding hydrogens is 175 g/mol. The van der Waals surface area contributed by atoms with Gasteiger partial charge in [0.25, 0.3) is 0 Å². The zero-order valence-corrected chi connectivity index (χ0v) is 8.76. The van der Waals surface area contributed by atoms with E-state index in [1.807, 2.05) is 0 Å². The van der Waals surface area contributed by atoms with Gasteiger partial charge in [-0.3, -0.25) is 0 Å². The molecule has 0 aliphatic heterocycles. The predicted octanol–water partition coefficient (Wildman–Crippen LogP) is 0.323. The van der Waals surface area contributed by atoms with Gasteiger partial charge in [-0.25, -0.2) is 0 Å². The number of benzene rings is 1. The van der Waals surface area contributed by atoms with Gasteiger partial charge in [0.15, 0.2) is 0 Å². The van der Waals surface area contributed by atoms with Gasteiger partial charge in [0.05, 0.1) is 5.97 Å².